The van der Waals surface area contributed by atoms with Gasteiger partial charge in [-0.15, -0.1) is 0 Å². The normalized spacial score (nSPS) is 11.7. The highest BCUT2D eigenvalue weighted by atomic mass is 16.5. The summed E-state index contributed by atoms with van der Waals surface area (Å²) in [5.74, 6) is -1.11. The lowest BCUT2D eigenvalue weighted by atomic mass is 10.2. The molecule has 116 valence electrons. The molecule has 8 heteroatoms. The Balaban J connectivity index is 2.29. The number of aliphatic carboxylic acids is 1. The van der Waals surface area contributed by atoms with Crippen molar-refractivity contribution in [2.45, 2.75) is 19.4 Å². The number of carbonyl (C=O) groups is 2. The molecule has 0 fully saturated rings. The third-order valence-corrected chi connectivity index (χ3v) is 2.46. The average Bonchev–Trinajstić information content (AvgIpc) is 2.90. The van der Waals surface area contributed by atoms with Crippen molar-refractivity contribution in [3.8, 4) is 0 Å². The Hall–Kier alpha value is -2.35. The number of aromatic nitrogens is 2. The van der Waals surface area contributed by atoms with Crippen molar-refractivity contribution in [3.63, 3.8) is 0 Å². The number of amides is 2. The fraction of sp³-hybridized carbons (Fsp3) is 0.462. The van der Waals surface area contributed by atoms with E-state index in [-0.39, 0.29) is 13.0 Å². The zero-order valence-electron chi connectivity index (χ0n) is 11.9. The Kier molecular flexibility index (Phi) is 6.96. The molecule has 0 saturated heterocycles. The summed E-state index contributed by atoms with van der Waals surface area (Å²) in [7, 11) is 0. The van der Waals surface area contributed by atoms with E-state index in [2.05, 4.69) is 27.2 Å². The Labute approximate surface area is 122 Å². The molecule has 0 aromatic carbocycles. The van der Waals surface area contributed by atoms with Gasteiger partial charge < -0.3 is 25.5 Å². The number of H-pyrrole nitrogens is 1. The highest BCUT2D eigenvalue weighted by Gasteiger charge is 2.20. The number of urea groups is 1. The van der Waals surface area contributed by atoms with Crippen molar-refractivity contribution in [3.05, 3.63) is 30.4 Å². The van der Waals surface area contributed by atoms with E-state index >= 15 is 0 Å². The summed E-state index contributed by atoms with van der Waals surface area (Å²) in [4.78, 5) is 29.3. The maximum atomic E-state index is 11.6. The van der Waals surface area contributed by atoms with Crippen LogP contribution in [0.3, 0.4) is 0 Å². The van der Waals surface area contributed by atoms with E-state index in [9.17, 15) is 9.59 Å². The van der Waals surface area contributed by atoms with Crippen LogP contribution in [0.15, 0.2) is 24.7 Å². The molecule has 0 aliphatic heterocycles. The molecule has 0 radical (unpaired) electrons. The summed E-state index contributed by atoms with van der Waals surface area (Å²) < 4.78 is 5.21. The lowest BCUT2D eigenvalue weighted by Crippen LogP contribution is -2.47. The van der Waals surface area contributed by atoms with E-state index in [0.29, 0.717) is 18.9 Å². The lowest BCUT2D eigenvalue weighted by molar-refractivity contribution is -0.139. The van der Waals surface area contributed by atoms with Crippen molar-refractivity contribution in [1.29, 1.82) is 0 Å². The van der Waals surface area contributed by atoms with Gasteiger partial charge in [0.15, 0.2) is 0 Å². The van der Waals surface area contributed by atoms with E-state index in [0.717, 1.165) is 5.57 Å². The molecule has 0 aliphatic carbocycles. The lowest BCUT2D eigenvalue weighted by Gasteiger charge is -2.14. The second-order valence-corrected chi connectivity index (χ2v) is 4.58. The number of rotatable bonds is 9. The minimum absolute atomic E-state index is 0.134. The summed E-state index contributed by atoms with van der Waals surface area (Å²) in [5, 5.41) is 14.0. The van der Waals surface area contributed by atoms with Crippen LogP contribution in [0.5, 0.6) is 0 Å². The topological polar surface area (TPSA) is 116 Å². The fourth-order valence-corrected chi connectivity index (χ4v) is 1.51. The molecule has 1 heterocycles. The number of ether oxygens (including phenoxy) is 1. The van der Waals surface area contributed by atoms with E-state index in [1.165, 1.54) is 12.5 Å². The number of carboxylic acids is 1. The SMILES string of the molecule is C=C(C)COCCNC(=O)N[C@H](Cc1cnc[nH]1)C(=O)O. The third-order valence-electron chi connectivity index (χ3n) is 2.46. The van der Waals surface area contributed by atoms with Gasteiger partial charge in [0.25, 0.3) is 0 Å². The molecular formula is C13H20N4O4. The molecule has 1 aromatic heterocycles. The van der Waals surface area contributed by atoms with Crippen molar-refractivity contribution in [2.75, 3.05) is 19.8 Å². The van der Waals surface area contributed by atoms with Crippen LogP contribution in [0.4, 0.5) is 4.79 Å². The fourth-order valence-electron chi connectivity index (χ4n) is 1.51. The third kappa shape index (κ3) is 7.11. The highest BCUT2D eigenvalue weighted by Crippen LogP contribution is 1.98. The van der Waals surface area contributed by atoms with E-state index in [1.54, 1.807) is 0 Å². The Morgan fingerprint density at radius 1 is 1.57 bits per heavy atom. The zero-order valence-corrected chi connectivity index (χ0v) is 11.9. The molecule has 1 rings (SSSR count). The van der Waals surface area contributed by atoms with Gasteiger partial charge in [-0.25, -0.2) is 14.6 Å². The maximum Gasteiger partial charge on any atom is 0.326 e. The van der Waals surface area contributed by atoms with Crippen LogP contribution >= 0.6 is 0 Å². The largest absolute Gasteiger partial charge is 0.480 e. The number of carboxylic acid groups (broad SMARTS) is 1. The summed E-state index contributed by atoms with van der Waals surface area (Å²) in [5.41, 5.74) is 1.53. The van der Waals surface area contributed by atoms with Gasteiger partial charge in [-0.3, -0.25) is 0 Å². The van der Waals surface area contributed by atoms with Crippen LogP contribution in [0.25, 0.3) is 0 Å². The molecule has 0 spiro atoms. The van der Waals surface area contributed by atoms with Gasteiger partial charge in [0.05, 0.1) is 19.5 Å². The Bertz CT molecular complexity index is 473. The second kappa shape index (κ2) is 8.75. The summed E-state index contributed by atoms with van der Waals surface area (Å²) >= 11 is 0. The van der Waals surface area contributed by atoms with Crippen LogP contribution in [0, 0.1) is 0 Å². The van der Waals surface area contributed by atoms with Crippen LogP contribution < -0.4 is 10.6 Å². The molecule has 1 atom stereocenters. The first-order valence-electron chi connectivity index (χ1n) is 6.45. The number of imidazole rings is 1. The Morgan fingerprint density at radius 2 is 2.33 bits per heavy atom. The minimum Gasteiger partial charge on any atom is -0.480 e. The standard InChI is InChI=1S/C13H20N4O4/c1-9(2)7-21-4-3-15-13(20)17-11(12(18)19)5-10-6-14-8-16-10/h6,8,11H,1,3-5,7H2,2H3,(H,14,16)(H,18,19)(H2,15,17,20)/t11-/m1/s1. The van der Waals surface area contributed by atoms with E-state index < -0.39 is 18.0 Å². The summed E-state index contributed by atoms with van der Waals surface area (Å²) in [6, 6.07) is -1.58. The molecule has 0 aliphatic rings. The number of aromatic amines is 1. The zero-order chi connectivity index (χ0) is 15.7. The van der Waals surface area contributed by atoms with Crippen molar-refractivity contribution >= 4 is 12.0 Å². The molecule has 21 heavy (non-hydrogen) atoms. The first kappa shape index (κ1) is 16.7. The highest BCUT2D eigenvalue weighted by molar-refractivity contribution is 5.82. The minimum atomic E-state index is -1.11. The van der Waals surface area contributed by atoms with Gasteiger partial charge in [-0.2, -0.15) is 0 Å². The van der Waals surface area contributed by atoms with Gasteiger partial charge in [-0.05, 0) is 6.92 Å². The molecule has 1 aromatic rings. The van der Waals surface area contributed by atoms with Gasteiger partial charge in [-0.1, -0.05) is 12.2 Å². The first-order valence-corrected chi connectivity index (χ1v) is 6.45. The van der Waals surface area contributed by atoms with Gasteiger partial charge in [0.2, 0.25) is 0 Å². The van der Waals surface area contributed by atoms with E-state index in [4.69, 9.17) is 9.84 Å². The monoisotopic (exact) mass is 296 g/mol. The van der Waals surface area contributed by atoms with Crippen LogP contribution in [-0.2, 0) is 16.0 Å². The summed E-state index contributed by atoms with van der Waals surface area (Å²) in [6.45, 7) is 6.57. The number of carbonyl (C=O) groups excluding carboxylic acids is 1. The molecule has 0 unspecified atom stereocenters. The number of hydrogen-bond acceptors (Lipinski definition) is 4. The van der Waals surface area contributed by atoms with Crippen molar-refractivity contribution in [1.82, 2.24) is 20.6 Å². The molecule has 8 nitrogen and oxygen atoms in total. The molecule has 0 saturated carbocycles. The van der Waals surface area contributed by atoms with Crippen LogP contribution in [0.1, 0.15) is 12.6 Å². The summed E-state index contributed by atoms with van der Waals surface area (Å²) in [6.07, 6.45) is 3.10. The van der Waals surface area contributed by atoms with E-state index in [1.807, 2.05) is 6.92 Å². The first-order chi connectivity index (χ1) is 9.99. The Morgan fingerprint density at radius 3 is 2.90 bits per heavy atom. The van der Waals surface area contributed by atoms with Crippen LogP contribution in [-0.4, -0.2) is 52.9 Å². The smallest absolute Gasteiger partial charge is 0.326 e. The van der Waals surface area contributed by atoms with Crippen molar-refractivity contribution < 1.29 is 19.4 Å². The molecule has 4 N–H and O–H groups in total. The van der Waals surface area contributed by atoms with Gasteiger partial charge in [0.1, 0.15) is 6.04 Å². The predicted molar refractivity (Wildman–Crippen MR) is 75.9 cm³/mol. The maximum absolute atomic E-state index is 11.6. The van der Waals surface area contributed by atoms with Crippen molar-refractivity contribution in [2.24, 2.45) is 0 Å². The van der Waals surface area contributed by atoms with Crippen LogP contribution in [0.2, 0.25) is 0 Å². The molecule has 0 bridgehead atoms. The average molecular weight is 296 g/mol. The number of nitrogens with zero attached hydrogens (tertiary/aromatic N) is 1. The number of nitrogens with one attached hydrogen (secondary N) is 3. The number of hydrogen-bond donors (Lipinski definition) is 4. The predicted octanol–water partition coefficient (Wildman–Crippen LogP) is 0.297. The quantitative estimate of drug-likeness (QED) is 0.386. The van der Waals surface area contributed by atoms with Gasteiger partial charge >= 0.3 is 12.0 Å². The second-order valence-electron chi connectivity index (χ2n) is 4.58. The van der Waals surface area contributed by atoms with Gasteiger partial charge in [0, 0.05) is 24.9 Å². The molecule has 2 amide bonds. The molecular weight excluding hydrogens is 276 g/mol.